The van der Waals surface area contributed by atoms with Crippen molar-refractivity contribution in [1.29, 1.82) is 0 Å². The van der Waals surface area contributed by atoms with Crippen LogP contribution in [0.15, 0.2) is 12.2 Å². The molecule has 0 atom stereocenters. The van der Waals surface area contributed by atoms with E-state index in [4.69, 9.17) is 9.47 Å². The van der Waals surface area contributed by atoms with E-state index >= 15 is 0 Å². The molecule has 0 saturated carbocycles. The Morgan fingerprint density at radius 3 is 1.83 bits per heavy atom. The molecular weight excluding hydrogens is 230 g/mol. The van der Waals surface area contributed by atoms with Crippen LogP contribution >= 0.6 is 0 Å². The van der Waals surface area contributed by atoms with Crippen LogP contribution in [-0.4, -0.2) is 37.5 Å². The Labute approximate surface area is 111 Å². The van der Waals surface area contributed by atoms with Crippen molar-refractivity contribution < 1.29 is 14.3 Å². The van der Waals surface area contributed by atoms with E-state index in [0.717, 1.165) is 25.7 Å². The molecule has 4 heteroatoms. The van der Waals surface area contributed by atoms with Crippen LogP contribution in [0, 0.1) is 0 Å². The molecule has 0 saturated heterocycles. The number of hydrogen-bond acceptors (Lipinski definition) is 3. The molecule has 0 rings (SSSR count). The molecule has 1 amide bonds. The van der Waals surface area contributed by atoms with E-state index < -0.39 is 0 Å². The third-order valence-electron chi connectivity index (χ3n) is 2.43. The number of ether oxygens (including phenoxy) is 2. The lowest BCUT2D eigenvalue weighted by Gasteiger charge is -2.22. The van der Waals surface area contributed by atoms with Crippen molar-refractivity contribution in [3.8, 4) is 0 Å². The molecule has 0 unspecified atom stereocenters. The zero-order valence-electron chi connectivity index (χ0n) is 12.0. The molecule has 0 spiro atoms. The van der Waals surface area contributed by atoms with Crippen LogP contribution in [0.4, 0.5) is 0 Å². The van der Waals surface area contributed by atoms with Crippen molar-refractivity contribution in [2.24, 2.45) is 0 Å². The van der Waals surface area contributed by atoms with Crippen LogP contribution in [-0.2, 0) is 14.3 Å². The van der Waals surface area contributed by atoms with Crippen molar-refractivity contribution in [2.45, 2.75) is 46.5 Å². The lowest BCUT2D eigenvalue weighted by atomic mass is 10.3. The molecule has 0 aliphatic carbocycles. The van der Waals surface area contributed by atoms with E-state index in [-0.39, 0.29) is 19.4 Å². The summed E-state index contributed by atoms with van der Waals surface area (Å²) in [4.78, 5) is 13.4. The number of nitrogens with zero attached hydrogens (tertiary/aromatic N) is 1. The molecule has 0 aromatic heterocycles. The van der Waals surface area contributed by atoms with Gasteiger partial charge in [0, 0.05) is 18.8 Å². The van der Waals surface area contributed by atoms with Crippen LogP contribution in [0.5, 0.6) is 0 Å². The highest BCUT2D eigenvalue weighted by Crippen LogP contribution is 2.01. The van der Waals surface area contributed by atoms with Gasteiger partial charge in [-0.15, -0.1) is 0 Å². The zero-order valence-corrected chi connectivity index (χ0v) is 12.0. The number of amides is 1. The monoisotopic (exact) mass is 257 g/mol. The largest absolute Gasteiger partial charge is 0.361 e. The molecule has 0 bridgehead atoms. The summed E-state index contributed by atoms with van der Waals surface area (Å²) in [7, 11) is 0. The Kier molecular flexibility index (Phi) is 10.7. The minimum Gasteiger partial charge on any atom is -0.361 e. The van der Waals surface area contributed by atoms with Crippen molar-refractivity contribution in [2.75, 3.05) is 26.7 Å². The van der Waals surface area contributed by atoms with E-state index in [9.17, 15) is 4.79 Å². The maximum Gasteiger partial charge on any atom is 0.252 e. The van der Waals surface area contributed by atoms with Gasteiger partial charge >= 0.3 is 0 Å². The number of unbranched alkanes of at least 4 members (excludes halogenated alkanes) is 2. The van der Waals surface area contributed by atoms with Gasteiger partial charge < -0.3 is 9.47 Å². The molecule has 0 heterocycles. The number of rotatable bonds is 11. The summed E-state index contributed by atoms with van der Waals surface area (Å²) in [6, 6.07) is 0. The van der Waals surface area contributed by atoms with Crippen molar-refractivity contribution >= 4 is 5.91 Å². The van der Waals surface area contributed by atoms with Gasteiger partial charge in [-0.25, -0.2) is 0 Å². The molecular formula is C14H27NO3. The van der Waals surface area contributed by atoms with E-state index in [1.807, 2.05) is 0 Å². The van der Waals surface area contributed by atoms with E-state index in [1.165, 1.54) is 0 Å². The number of carbonyl (C=O) groups excluding carboxylic acids is 1. The molecule has 18 heavy (non-hydrogen) atoms. The second kappa shape index (κ2) is 11.2. The summed E-state index contributed by atoms with van der Waals surface area (Å²) in [5, 5.41) is 0. The minimum atomic E-state index is -0.108. The van der Waals surface area contributed by atoms with Gasteiger partial charge in [-0.2, -0.15) is 0 Å². The highest BCUT2D eigenvalue weighted by molar-refractivity contribution is 5.91. The Morgan fingerprint density at radius 1 is 1.06 bits per heavy atom. The molecule has 0 radical (unpaired) electrons. The third kappa shape index (κ3) is 8.25. The van der Waals surface area contributed by atoms with Crippen LogP contribution < -0.4 is 0 Å². The fourth-order valence-electron chi connectivity index (χ4n) is 1.27. The molecule has 0 aliphatic rings. The van der Waals surface area contributed by atoms with Gasteiger partial charge in [-0.1, -0.05) is 33.3 Å². The zero-order chi connectivity index (χ0) is 13.8. The van der Waals surface area contributed by atoms with Gasteiger partial charge in [-0.05, 0) is 19.8 Å². The minimum absolute atomic E-state index is 0.108. The maximum atomic E-state index is 11.8. The van der Waals surface area contributed by atoms with Gasteiger partial charge in [0.1, 0.15) is 13.5 Å². The fourth-order valence-corrected chi connectivity index (χ4v) is 1.27. The summed E-state index contributed by atoms with van der Waals surface area (Å²) in [6.45, 7) is 11.5. The van der Waals surface area contributed by atoms with Crippen LogP contribution in [0.3, 0.4) is 0 Å². The highest BCUT2D eigenvalue weighted by atomic mass is 16.5. The molecule has 0 aromatic rings. The van der Waals surface area contributed by atoms with E-state index in [2.05, 4.69) is 20.4 Å². The first-order valence-electron chi connectivity index (χ1n) is 6.73. The SMILES string of the molecule is C=C(C)C(=O)N(COCCCC)COCCCC. The molecule has 0 aromatic carbocycles. The quantitative estimate of drug-likeness (QED) is 0.324. The average Bonchev–Trinajstić information content (AvgIpc) is 2.36. The average molecular weight is 257 g/mol. The van der Waals surface area contributed by atoms with E-state index in [1.54, 1.807) is 11.8 Å². The van der Waals surface area contributed by atoms with E-state index in [0.29, 0.717) is 18.8 Å². The second-order valence-corrected chi connectivity index (χ2v) is 4.41. The third-order valence-corrected chi connectivity index (χ3v) is 2.43. The molecule has 106 valence electrons. The smallest absolute Gasteiger partial charge is 0.252 e. The highest BCUT2D eigenvalue weighted by Gasteiger charge is 2.13. The topological polar surface area (TPSA) is 38.8 Å². The van der Waals surface area contributed by atoms with Gasteiger partial charge in [0.05, 0.1) is 0 Å². The summed E-state index contributed by atoms with van der Waals surface area (Å²) in [5.41, 5.74) is 0.508. The first kappa shape index (κ1) is 17.1. The summed E-state index contributed by atoms with van der Waals surface area (Å²) >= 11 is 0. The van der Waals surface area contributed by atoms with Crippen LogP contribution in [0.1, 0.15) is 46.5 Å². The first-order valence-corrected chi connectivity index (χ1v) is 6.73. The Morgan fingerprint density at radius 2 is 1.50 bits per heavy atom. The van der Waals surface area contributed by atoms with Crippen molar-refractivity contribution in [3.05, 3.63) is 12.2 Å². The lowest BCUT2D eigenvalue weighted by molar-refractivity contribution is -0.140. The summed E-state index contributed by atoms with van der Waals surface area (Å²) in [5.74, 6) is -0.108. The van der Waals surface area contributed by atoms with Gasteiger partial charge in [-0.3, -0.25) is 9.69 Å². The molecule has 4 nitrogen and oxygen atoms in total. The Balaban J connectivity index is 4.00. The Bertz CT molecular complexity index is 229. The molecule has 0 aliphatic heterocycles. The lowest BCUT2D eigenvalue weighted by Crippen LogP contribution is -2.35. The molecule has 0 fully saturated rings. The van der Waals surface area contributed by atoms with Crippen molar-refractivity contribution in [1.82, 2.24) is 4.90 Å². The van der Waals surface area contributed by atoms with Gasteiger partial charge in [0.25, 0.3) is 5.91 Å². The number of carbonyl (C=O) groups is 1. The van der Waals surface area contributed by atoms with Crippen LogP contribution in [0.2, 0.25) is 0 Å². The van der Waals surface area contributed by atoms with Crippen molar-refractivity contribution in [3.63, 3.8) is 0 Å². The fraction of sp³-hybridized carbons (Fsp3) is 0.786. The number of hydrogen-bond donors (Lipinski definition) is 0. The van der Waals surface area contributed by atoms with Crippen LogP contribution in [0.25, 0.3) is 0 Å². The molecule has 0 N–H and O–H groups in total. The normalized spacial score (nSPS) is 10.4. The predicted molar refractivity (Wildman–Crippen MR) is 73.1 cm³/mol. The second-order valence-electron chi connectivity index (χ2n) is 4.41. The predicted octanol–water partition coefficient (Wildman–Crippen LogP) is 2.94. The standard InChI is InChI=1S/C14H27NO3/c1-5-7-9-17-11-15(14(16)13(3)4)12-18-10-8-6-2/h3,5-12H2,1-2,4H3. The summed E-state index contributed by atoms with van der Waals surface area (Å²) < 4.78 is 10.9. The van der Waals surface area contributed by atoms with Gasteiger partial charge in [0.15, 0.2) is 0 Å². The maximum absolute atomic E-state index is 11.8. The summed E-state index contributed by atoms with van der Waals surface area (Å²) in [6.07, 6.45) is 4.18. The van der Waals surface area contributed by atoms with Gasteiger partial charge in [0.2, 0.25) is 0 Å². The Hall–Kier alpha value is -0.870. The first-order chi connectivity index (χ1) is 8.63.